The van der Waals surface area contributed by atoms with E-state index in [1.165, 1.54) is 13.3 Å². The van der Waals surface area contributed by atoms with Gasteiger partial charge >= 0.3 is 0 Å². The maximum Gasteiger partial charge on any atom is 0.232 e. The van der Waals surface area contributed by atoms with E-state index in [4.69, 9.17) is 19.3 Å². The molecule has 0 radical (unpaired) electrons. The number of aliphatic imine (C=N–C) groups is 1. The topological polar surface area (TPSA) is 86.1 Å². The highest BCUT2D eigenvalue weighted by atomic mass is 16.5. The van der Waals surface area contributed by atoms with E-state index in [1.54, 1.807) is 37.7 Å². The first-order valence-corrected chi connectivity index (χ1v) is 6.58. The summed E-state index contributed by atoms with van der Waals surface area (Å²) in [5, 5.41) is 8.81. The molecular weight excluding hydrogens is 286 g/mol. The molecule has 0 aliphatic heterocycles. The largest absolute Gasteiger partial charge is 0.497 e. The van der Waals surface area contributed by atoms with Crippen molar-refractivity contribution in [3.63, 3.8) is 0 Å². The second-order valence-electron chi connectivity index (χ2n) is 4.18. The Balaban J connectivity index is 2.17. The van der Waals surface area contributed by atoms with E-state index in [0.717, 1.165) is 0 Å². The van der Waals surface area contributed by atoms with Crippen LogP contribution in [0.25, 0.3) is 0 Å². The third kappa shape index (κ3) is 4.42. The predicted octanol–water partition coefficient (Wildman–Crippen LogP) is 1.62. The molecule has 0 aliphatic carbocycles. The normalized spacial score (nSPS) is 10.7. The molecule has 0 saturated carbocycles. The van der Waals surface area contributed by atoms with Crippen LogP contribution < -0.4 is 14.2 Å². The zero-order chi connectivity index (χ0) is 15.8. The summed E-state index contributed by atoms with van der Waals surface area (Å²) in [6.07, 6.45) is 4.66. The Morgan fingerprint density at radius 3 is 2.55 bits per heavy atom. The Bertz CT molecular complexity index is 629. The first-order chi connectivity index (χ1) is 10.7. The molecule has 7 nitrogen and oxygen atoms in total. The number of hydrogen-bond donors (Lipinski definition) is 1. The van der Waals surface area contributed by atoms with Crippen LogP contribution in [0.15, 0.2) is 35.6 Å². The van der Waals surface area contributed by atoms with Crippen LogP contribution in [0, 0.1) is 0 Å². The van der Waals surface area contributed by atoms with Crippen LogP contribution in [0.4, 0.5) is 5.69 Å². The van der Waals surface area contributed by atoms with Crippen LogP contribution in [0.1, 0.15) is 5.69 Å². The van der Waals surface area contributed by atoms with Gasteiger partial charge in [-0.05, 0) is 0 Å². The average molecular weight is 303 g/mol. The molecule has 0 unspecified atom stereocenters. The molecule has 0 spiro atoms. The van der Waals surface area contributed by atoms with E-state index in [9.17, 15) is 0 Å². The van der Waals surface area contributed by atoms with Crippen LogP contribution in [0.3, 0.4) is 0 Å². The van der Waals surface area contributed by atoms with Crippen molar-refractivity contribution in [2.75, 3.05) is 27.4 Å². The van der Waals surface area contributed by atoms with Gasteiger partial charge in [0, 0.05) is 18.2 Å². The molecule has 0 fully saturated rings. The highest BCUT2D eigenvalue weighted by Gasteiger charge is 2.02. The van der Waals surface area contributed by atoms with Gasteiger partial charge in [-0.1, -0.05) is 0 Å². The number of ether oxygens (including phenoxy) is 3. The fourth-order valence-corrected chi connectivity index (χ4v) is 1.63. The van der Waals surface area contributed by atoms with Gasteiger partial charge < -0.3 is 19.3 Å². The molecule has 116 valence electrons. The van der Waals surface area contributed by atoms with Crippen LogP contribution >= 0.6 is 0 Å². The minimum absolute atomic E-state index is 0.0583. The maximum atomic E-state index is 8.81. The standard InChI is InChI=1S/C15H17N3O4/c1-20-13-5-11(6-14(7-13)22-4-3-19)16-8-12-9-18-15(21-2)10-17-12/h5-10,19H,3-4H2,1-2H3/b16-8+. The average Bonchev–Trinajstić information content (AvgIpc) is 2.58. The van der Waals surface area contributed by atoms with Gasteiger partial charge in [0.25, 0.3) is 0 Å². The summed E-state index contributed by atoms with van der Waals surface area (Å²) in [4.78, 5) is 12.5. The fraction of sp³-hybridized carbons (Fsp3) is 0.267. The monoisotopic (exact) mass is 303 g/mol. The summed E-state index contributed by atoms with van der Waals surface area (Å²) in [6.45, 7) is 0.150. The smallest absolute Gasteiger partial charge is 0.232 e. The number of benzene rings is 1. The Morgan fingerprint density at radius 1 is 1.09 bits per heavy atom. The van der Waals surface area contributed by atoms with Gasteiger partial charge in [0.05, 0.1) is 50.8 Å². The Morgan fingerprint density at radius 2 is 1.91 bits per heavy atom. The SMILES string of the molecule is COc1cc(/N=C/c2cnc(OC)cn2)cc(OCCO)c1. The zero-order valence-corrected chi connectivity index (χ0v) is 12.4. The van der Waals surface area contributed by atoms with Gasteiger partial charge in [0.2, 0.25) is 5.88 Å². The number of aliphatic hydroxyl groups is 1. The number of nitrogens with zero attached hydrogens (tertiary/aromatic N) is 3. The molecule has 0 amide bonds. The Kier molecular flexibility index (Phi) is 5.67. The van der Waals surface area contributed by atoms with E-state index in [-0.39, 0.29) is 13.2 Å². The first kappa shape index (κ1) is 15.7. The van der Waals surface area contributed by atoms with Crippen molar-refractivity contribution in [3.8, 4) is 17.4 Å². The van der Waals surface area contributed by atoms with Crippen molar-refractivity contribution in [1.29, 1.82) is 0 Å². The summed E-state index contributed by atoms with van der Waals surface area (Å²) in [6, 6.07) is 5.23. The minimum Gasteiger partial charge on any atom is -0.497 e. The first-order valence-electron chi connectivity index (χ1n) is 6.58. The van der Waals surface area contributed by atoms with E-state index < -0.39 is 0 Å². The molecule has 0 bridgehead atoms. The number of rotatable bonds is 7. The van der Waals surface area contributed by atoms with E-state index in [2.05, 4.69) is 15.0 Å². The van der Waals surface area contributed by atoms with Gasteiger partial charge in [-0.15, -0.1) is 0 Å². The molecule has 0 aliphatic rings. The summed E-state index contributed by atoms with van der Waals surface area (Å²) >= 11 is 0. The lowest BCUT2D eigenvalue weighted by Gasteiger charge is -2.07. The van der Waals surface area contributed by atoms with Crippen LogP contribution in [-0.2, 0) is 0 Å². The van der Waals surface area contributed by atoms with Crippen molar-refractivity contribution < 1.29 is 19.3 Å². The van der Waals surface area contributed by atoms with Crippen molar-refractivity contribution in [2.24, 2.45) is 4.99 Å². The summed E-state index contributed by atoms with van der Waals surface area (Å²) in [7, 11) is 3.09. The highest BCUT2D eigenvalue weighted by Crippen LogP contribution is 2.27. The highest BCUT2D eigenvalue weighted by molar-refractivity contribution is 5.79. The van der Waals surface area contributed by atoms with Gasteiger partial charge in [-0.25, -0.2) is 9.97 Å². The number of aliphatic hydroxyl groups excluding tert-OH is 1. The predicted molar refractivity (Wildman–Crippen MR) is 81.4 cm³/mol. The van der Waals surface area contributed by atoms with Crippen LogP contribution in [-0.4, -0.2) is 48.7 Å². The number of methoxy groups -OCH3 is 2. The fourth-order valence-electron chi connectivity index (χ4n) is 1.63. The molecular formula is C15H17N3O4. The maximum absolute atomic E-state index is 8.81. The van der Waals surface area contributed by atoms with Crippen molar-refractivity contribution >= 4 is 11.9 Å². The molecule has 22 heavy (non-hydrogen) atoms. The molecule has 0 saturated heterocycles. The van der Waals surface area contributed by atoms with E-state index >= 15 is 0 Å². The van der Waals surface area contributed by atoms with Crippen molar-refractivity contribution in [2.45, 2.75) is 0 Å². The summed E-state index contributed by atoms with van der Waals surface area (Å²) < 4.78 is 15.5. The summed E-state index contributed by atoms with van der Waals surface area (Å²) in [5.74, 6) is 1.63. The second kappa shape index (κ2) is 7.94. The van der Waals surface area contributed by atoms with Crippen molar-refractivity contribution in [3.05, 3.63) is 36.3 Å². The van der Waals surface area contributed by atoms with Crippen LogP contribution in [0.5, 0.6) is 17.4 Å². The molecule has 1 heterocycles. The lowest BCUT2D eigenvalue weighted by molar-refractivity contribution is 0.201. The van der Waals surface area contributed by atoms with E-state index in [1.807, 2.05) is 0 Å². The molecule has 7 heteroatoms. The molecule has 1 aromatic carbocycles. The number of hydrogen-bond acceptors (Lipinski definition) is 7. The van der Waals surface area contributed by atoms with Crippen LogP contribution in [0.2, 0.25) is 0 Å². The zero-order valence-electron chi connectivity index (χ0n) is 12.4. The Hall–Kier alpha value is -2.67. The summed E-state index contributed by atoms with van der Waals surface area (Å²) in [5.41, 5.74) is 1.24. The molecule has 2 aromatic rings. The van der Waals surface area contributed by atoms with Gasteiger partial charge in [-0.3, -0.25) is 4.99 Å². The molecule has 0 atom stereocenters. The van der Waals surface area contributed by atoms with Gasteiger partial charge in [0.1, 0.15) is 18.1 Å². The van der Waals surface area contributed by atoms with E-state index in [0.29, 0.717) is 28.8 Å². The molecule has 1 aromatic heterocycles. The Labute approximate surface area is 128 Å². The third-order valence-corrected chi connectivity index (χ3v) is 2.66. The quantitative estimate of drug-likeness (QED) is 0.782. The third-order valence-electron chi connectivity index (χ3n) is 2.66. The second-order valence-corrected chi connectivity index (χ2v) is 4.18. The van der Waals surface area contributed by atoms with Gasteiger partial charge in [0.15, 0.2) is 0 Å². The lowest BCUT2D eigenvalue weighted by atomic mass is 10.3. The molecule has 1 N–H and O–H groups in total. The molecule has 2 rings (SSSR count). The number of aromatic nitrogens is 2. The van der Waals surface area contributed by atoms with Crippen molar-refractivity contribution in [1.82, 2.24) is 9.97 Å². The lowest BCUT2D eigenvalue weighted by Crippen LogP contribution is -2.01. The minimum atomic E-state index is -0.0583. The van der Waals surface area contributed by atoms with Gasteiger partial charge in [-0.2, -0.15) is 0 Å².